The predicted molar refractivity (Wildman–Crippen MR) is 100 cm³/mol. The van der Waals surface area contributed by atoms with Crippen LogP contribution >= 0.6 is 11.3 Å². The molecule has 1 aliphatic carbocycles. The van der Waals surface area contributed by atoms with Crippen LogP contribution in [-0.4, -0.2) is 34.1 Å². The van der Waals surface area contributed by atoms with Crippen molar-refractivity contribution in [1.82, 2.24) is 15.1 Å². The second-order valence-corrected chi connectivity index (χ2v) is 8.67. The summed E-state index contributed by atoms with van der Waals surface area (Å²) in [5.74, 6) is 0.457. The van der Waals surface area contributed by atoms with Crippen molar-refractivity contribution in [1.29, 1.82) is 0 Å². The summed E-state index contributed by atoms with van der Waals surface area (Å²) in [6.07, 6.45) is 2.27. The molecule has 0 radical (unpaired) electrons. The first-order chi connectivity index (χ1) is 13.4. The van der Waals surface area contributed by atoms with Crippen molar-refractivity contribution in [3.63, 3.8) is 0 Å². The summed E-state index contributed by atoms with van der Waals surface area (Å²) in [6.45, 7) is 1.16. The molecule has 1 saturated carbocycles. The van der Waals surface area contributed by atoms with E-state index in [0.717, 1.165) is 35.0 Å². The number of hydrogen-bond donors (Lipinski definition) is 0. The van der Waals surface area contributed by atoms with Crippen molar-refractivity contribution in [2.75, 3.05) is 13.1 Å². The number of halogens is 3. The minimum atomic E-state index is -4.40. The third kappa shape index (κ3) is 4.06. The molecule has 1 saturated heterocycles. The summed E-state index contributed by atoms with van der Waals surface area (Å²) >= 11 is 1.67. The van der Waals surface area contributed by atoms with E-state index in [2.05, 4.69) is 10.2 Å². The standard InChI is InChI=1S/C20H22F3N3OS/c21-20(22,23)16-9-7-14(8-10-16)19(27)26-11-3-6-15(12-26)18-25-24-17(28-18)13-4-1-2-5-13/h7-10,13,15H,1-6,11-12H2. The van der Waals surface area contributed by atoms with Crippen molar-refractivity contribution in [3.05, 3.63) is 45.4 Å². The number of hydrogen-bond acceptors (Lipinski definition) is 4. The molecular weight excluding hydrogens is 387 g/mol. The van der Waals surface area contributed by atoms with E-state index in [1.807, 2.05) is 0 Å². The Hall–Kier alpha value is -1.96. The molecule has 0 N–H and O–H groups in total. The molecule has 28 heavy (non-hydrogen) atoms. The third-order valence-corrected chi connectivity index (χ3v) is 6.93. The number of alkyl halides is 3. The van der Waals surface area contributed by atoms with Crippen molar-refractivity contribution in [3.8, 4) is 0 Å². The van der Waals surface area contributed by atoms with Crippen LogP contribution < -0.4 is 0 Å². The Morgan fingerprint density at radius 1 is 0.964 bits per heavy atom. The van der Waals surface area contributed by atoms with Crippen LogP contribution in [0.25, 0.3) is 0 Å². The molecule has 1 aliphatic heterocycles. The Bertz CT molecular complexity index is 828. The highest BCUT2D eigenvalue weighted by Gasteiger charge is 2.32. The summed E-state index contributed by atoms with van der Waals surface area (Å²) in [5.41, 5.74) is -0.452. The summed E-state index contributed by atoms with van der Waals surface area (Å²) in [6, 6.07) is 4.45. The lowest BCUT2D eigenvalue weighted by Crippen LogP contribution is -2.39. The molecule has 1 amide bonds. The van der Waals surface area contributed by atoms with Gasteiger partial charge in [-0.1, -0.05) is 12.8 Å². The molecule has 2 fully saturated rings. The van der Waals surface area contributed by atoms with E-state index in [4.69, 9.17) is 0 Å². The summed E-state index contributed by atoms with van der Waals surface area (Å²) < 4.78 is 38.2. The fourth-order valence-electron chi connectivity index (χ4n) is 4.10. The molecule has 0 spiro atoms. The quantitative estimate of drug-likeness (QED) is 0.697. The molecule has 150 valence electrons. The molecule has 1 unspecified atom stereocenters. The zero-order valence-electron chi connectivity index (χ0n) is 15.4. The van der Waals surface area contributed by atoms with Crippen molar-refractivity contribution >= 4 is 17.2 Å². The lowest BCUT2D eigenvalue weighted by atomic mass is 9.98. The van der Waals surface area contributed by atoms with Gasteiger partial charge in [-0.15, -0.1) is 21.5 Å². The average Bonchev–Trinajstić information content (AvgIpc) is 3.38. The molecule has 2 aliphatic rings. The lowest BCUT2D eigenvalue weighted by molar-refractivity contribution is -0.137. The van der Waals surface area contributed by atoms with Gasteiger partial charge in [0.15, 0.2) is 0 Å². The lowest BCUT2D eigenvalue weighted by Gasteiger charge is -2.31. The SMILES string of the molecule is O=C(c1ccc(C(F)(F)F)cc1)N1CCCC(c2nnc(C3CCCC3)s2)C1. The highest BCUT2D eigenvalue weighted by molar-refractivity contribution is 7.11. The van der Waals surface area contributed by atoms with Gasteiger partial charge in [-0.25, -0.2) is 0 Å². The van der Waals surface area contributed by atoms with Crippen LogP contribution in [0.2, 0.25) is 0 Å². The normalized spacial score (nSPS) is 21.2. The molecule has 1 aromatic heterocycles. The van der Waals surface area contributed by atoms with E-state index >= 15 is 0 Å². The van der Waals surface area contributed by atoms with Crippen LogP contribution in [0.15, 0.2) is 24.3 Å². The fraction of sp³-hybridized carbons (Fsp3) is 0.550. The van der Waals surface area contributed by atoms with Gasteiger partial charge in [0.25, 0.3) is 5.91 Å². The Kier molecular flexibility index (Phi) is 5.40. The van der Waals surface area contributed by atoms with Crippen molar-refractivity contribution in [2.45, 2.75) is 56.5 Å². The van der Waals surface area contributed by atoms with Gasteiger partial charge in [0, 0.05) is 30.5 Å². The second kappa shape index (κ2) is 7.81. The summed E-state index contributed by atoms with van der Waals surface area (Å²) in [5, 5.41) is 10.9. The number of carbonyl (C=O) groups excluding carboxylic acids is 1. The van der Waals surface area contributed by atoms with Gasteiger partial charge in [-0.05, 0) is 49.9 Å². The highest BCUT2D eigenvalue weighted by atomic mass is 32.1. The molecule has 2 heterocycles. The smallest absolute Gasteiger partial charge is 0.338 e. The number of nitrogens with zero attached hydrogens (tertiary/aromatic N) is 3. The van der Waals surface area contributed by atoms with Crippen molar-refractivity contribution in [2.24, 2.45) is 0 Å². The van der Waals surface area contributed by atoms with Crippen LogP contribution in [0, 0.1) is 0 Å². The Morgan fingerprint density at radius 2 is 1.57 bits per heavy atom. The monoisotopic (exact) mass is 409 g/mol. The first-order valence-corrected chi connectivity index (χ1v) is 10.5. The minimum Gasteiger partial charge on any atom is -0.338 e. The molecule has 4 rings (SSSR count). The molecule has 8 heteroatoms. The van der Waals surface area contributed by atoms with E-state index in [1.165, 1.54) is 37.8 Å². The number of aromatic nitrogens is 2. The largest absolute Gasteiger partial charge is 0.416 e. The minimum absolute atomic E-state index is 0.153. The molecule has 1 atom stereocenters. The first-order valence-electron chi connectivity index (χ1n) is 9.71. The van der Waals surface area contributed by atoms with Gasteiger partial charge in [-0.2, -0.15) is 13.2 Å². The van der Waals surface area contributed by atoms with Crippen LogP contribution in [0.5, 0.6) is 0 Å². The molecule has 1 aromatic carbocycles. The van der Waals surface area contributed by atoms with E-state index < -0.39 is 11.7 Å². The van der Waals surface area contributed by atoms with Gasteiger partial charge < -0.3 is 4.90 Å². The maximum Gasteiger partial charge on any atom is 0.416 e. The second-order valence-electron chi connectivity index (χ2n) is 7.63. The third-order valence-electron chi connectivity index (χ3n) is 5.68. The highest BCUT2D eigenvalue weighted by Crippen LogP contribution is 2.38. The van der Waals surface area contributed by atoms with E-state index in [0.29, 0.717) is 19.0 Å². The van der Waals surface area contributed by atoms with Crippen molar-refractivity contribution < 1.29 is 18.0 Å². The van der Waals surface area contributed by atoms with Crippen LogP contribution in [0.3, 0.4) is 0 Å². The molecule has 0 bridgehead atoms. The number of benzene rings is 1. The van der Waals surface area contributed by atoms with E-state index in [-0.39, 0.29) is 17.4 Å². The maximum absolute atomic E-state index is 12.8. The van der Waals surface area contributed by atoms with Gasteiger partial charge in [0.1, 0.15) is 10.0 Å². The summed E-state index contributed by atoms with van der Waals surface area (Å²) in [7, 11) is 0. The number of rotatable bonds is 3. The first kappa shape index (κ1) is 19.4. The molecule has 2 aromatic rings. The Labute approximate surface area is 165 Å². The van der Waals surface area contributed by atoms with E-state index in [1.54, 1.807) is 16.2 Å². The van der Waals surface area contributed by atoms with Gasteiger partial charge >= 0.3 is 6.18 Å². The van der Waals surface area contributed by atoms with Crippen LogP contribution in [-0.2, 0) is 6.18 Å². The maximum atomic E-state index is 12.8. The predicted octanol–water partition coefficient (Wildman–Crippen LogP) is 5.23. The van der Waals surface area contributed by atoms with Gasteiger partial charge in [0.05, 0.1) is 5.56 Å². The molecular formula is C20H22F3N3OS. The number of piperidine rings is 1. The molecule has 4 nitrogen and oxygen atoms in total. The zero-order chi connectivity index (χ0) is 19.7. The Morgan fingerprint density at radius 3 is 2.21 bits per heavy atom. The average molecular weight is 409 g/mol. The van der Waals surface area contributed by atoms with Crippen LogP contribution in [0.1, 0.15) is 76.3 Å². The summed E-state index contributed by atoms with van der Waals surface area (Å²) in [4.78, 5) is 14.5. The fourth-order valence-corrected chi connectivity index (χ4v) is 5.24. The Balaban J connectivity index is 1.44. The number of likely N-dealkylation sites (tertiary alicyclic amines) is 1. The van der Waals surface area contributed by atoms with Gasteiger partial charge in [0.2, 0.25) is 0 Å². The zero-order valence-corrected chi connectivity index (χ0v) is 16.2. The number of amides is 1. The van der Waals surface area contributed by atoms with E-state index in [9.17, 15) is 18.0 Å². The van der Waals surface area contributed by atoms with Gasteiger partial charge in [-0.3, -0.25) is 4.79 Å². The topological polar surface area (TPSA) is 46.1 Å². The van der Waals surface area contributed by atoms with Crippen LogP contribution in [0.4, 0.5) is 13.2 Å². The number of carbonyl (C=O) groups is 1.